The summed E-state index contributed by atoms with van der Waals surface area (Å²) in [6, 6.07) is 16.7. The molecule has 7 heteroatoms. The third-order valence-electron chi connectivity index (χ3n) is 4.09. The summed E-state index contributed by atoms with van der Waals surface area (Å²) in [4.78, 5) is 26.2. The molecule has 0 saturated carbocycles. The minimum absolute atomic E-state index is 0.117. The number of carbonyl (C=O) groups is 2. The van der Waals surface area contributed by atoms with Crippen molar-refractivity contribution in [2.24, 2.45) is 0 Å². The highest BCUT2D eigenvalue weighted by atomic mass is 16.5. The Labute approximate surface area is 158 Å². The summed E-state index contributed by atoms with van der Waals surface area (Å²) >= 11 is 0. The molecule has 1 saturated heterocycles. The highest BCUT2D eigenvalue weighted by Crippen LogP contribution is 2.26. The second-order valence-corrected chi connectivity index (χ2v) is 6.04. The Kier molecular flexibility index (Phi) is 6.65. The lowest BCUT2D eigenvalue weighted by molar-refractivity contribution is -0.125. The van der Waals surface area contributed by atoms with E-state index in [1.54, 1.807) is 12.1 Å². The van der Waals surface area contributed by atoms with E-state index in [-0.39, 0.29) is 25.0 Å². The van der Waals surface area contributed by atoms with Crippen LogP contribution < -0.4 is 20.3 Å². The van der Waals surface area contributed by atoms with Gasteiger partial charge in [0.2, 0.25) is 5.91 Å². The predicted octanol–water partition coefficient (Wildman–Crippen LogP) is 1.66. The Morgan fingerprint density at radius 2 is 1.67 bits per heavy atom. The molecule has 2 aromatic carbocycles. The van der Waals surface area contributed by atoms with Gasteiger partial charge in [0.15, 0.2) is 6.61 Å². The highest BCUT2D eigenvalue weighted by Gasteiger charge is 2.16. The Hall–Kier alpha value is -3.06. The summed E-state index contributed by atoms with van der Waals surface area (Å²) in [5.74, 6) is -0.0317. The molecule has 0 aromatic heterocycles. The van der Waals surface area contributed by atoms with Gasteiger partial charge in [-0.25, -0.2) is 0 Å². The zero-order chi connectivity index (χ0) is 18.9. The fraction of sp³-hybridized carbons (Fsp3) is 0.300. The number of carbonyl (C=O) groups excluding carboxylic acids is 2. The summed E-state index contributed by atoms with van der Waals surface area (Å²) in [6.45, 7) is 2.64. The Morgan fingerprint density at radius 1 is 0.963 bits per heavy atom. The van der Waals surface area contributed by atoms with Crippen LogP contribution in [0.25, 0.3) is 0 Å². The molecule has 1 fully saturated rings. The summed E-state index contributed by atoms with van der Waals surface area (Å²) in [6.07, 6.45) is 0. The van der Waals surface area contributed by atoms with E-state index in [0.29, 0.717) is 19.0 Å². The molecular formula is C20H23N3O4. The molecule has 1 aliphatic heterocycles. The quantitative estimate of drug-likeness (QED) is 0.776. The fourth-order valence-electron chi connectivity index (χ4n) is 2.75. The highest BCUT2D eigenvalue weighted by molar-refractivity contribution is 5.97. The topological polar surface area (TPSA) is 79.9 Å². The van der Waals surface area contributed by atoms with E-state index in [1.165, 1.54) is 0 Å². The molecule has 2 amide bonds. The maximum Gasteiger partial charge on any atom is 0.258 e. The maximum atomic E-state index is 12.2. The van der Waals surface area contributed by atoms with Crippen molar-refractivity contribution >= 4 is 23.2 Å². The van der Waals surface area contributed by atoms with Crippen molar-refractivity contribution in [2.75, 3.05) is 49.7 Å². The number of anilines is 2. The zero-order valence-electron chi connectivity index (χ0n) is 15.0. The van der Waals surface area contributed by atoms with Crippen LogP contribution in [0.3, 0.4) is 0 Å². The first kappa shape index (κ1) is 18.7. The van der Waals surface area contributed by atoms with E-state index in [4.69, 9.17) is 9.47 Å². The standard InChI is InChI=1S/C20H23N3O4/c24-19(14-21-20(25)15-27-16-6-2-1-3-7-16)22-17-8-4-5-9-18(17)23-10-12-26-13-11-23/h1-9H,10-15H2,(H,21,25)(H,22,24). The number of para-hydroxylation sites is 3. The van der Waals surface area contributed by atoms with Gasteiger partial charge in [-0.05, 0) is 24.3 Å². The third-order valence-corrected chi connectivity index (χ3v) is 4.09. The van der Waals surface area contributed by atoms with Crippen LogP contribution >= 0.6 is 0 Å². The van der Waals surface area contributed by atoms with Crippen LogP contribution in [0.2, 0.25) is 0 Å². The SMILES string of the molecule is O=C(COc1ccccc1)NCC(=O)Nc1ccccc1N1CCOCC1. The van der Waals surface area contributed by atoms with Gasteiger partial charge >= 0.3 is 0 Å². The molecule has 0 bridgehead atoms. The molecule has 3 rings (SSSR count). The maximum absolute atomic E-state index is 12.2. The van der Waals surface area contributed by atoms with Crippen LogP contribution in [-0.2, 0) is 14.3 Å². The number of hydrogen-bond donors (Lipinski definition) is 2. The van der Waals surface area contributed by atoms with Gasteiger partial charge in [0.1, 0.15) is 5.75 Å². The van der Waals surface area contributed by atoms with E-state index >= 15 is 0 Å². The van der Waals surface area contributed by atoms with Crippen LogP contribution in [0.15, 0.2) is 54.6 Å². The van der Waals surface area contributed by atoms with E-state index in [1.807, 2.05) is 42.5 Å². The first-order valence-electron chi connectivity index (χ1n) is 8.88. The second-order valence-electron chi connectivity index (χ2n) is 6.04. The first-order valence-corrected chi connectivity index (χ1v) is 8.88. The molecule has 2 aromatic rings. The lowest BCUT2D eigenvalue weighted by Gasteiger charge is -2.30. The lowest BCUT2D eigenvalue weighted by atomic mass is 10.2. The van der Waals surface area contributed by atoms with Gasteiger partial charge in [0.25, 0.3) is 5.91 Å². The molecule has 1 heterocycles. The number of morpholine rings is 1. The lowest BCUT2D eigenvalue weighted by Crippen LogP contribution is -2.38. The number of hydrogen-bond acceptors (Lipinski definition) is 5. The van der Waals surface area contributed by atoms with Crippen LogP contribution in [-0.4, -0.2) is 51.3 Å². The molecule has 1 aliphatic rings. The van der Waals surface area contributed by atoms with Crippen molar-refractivity contribution in [3.05, 3.63) is 54.6 Å². The molecule has 2 N–H and O–H groups in total. The van der Waals surface area contributed by atoms with Gasteiger partial charge in [-0.15, -0.1) is 0 Å². The van der Waals surface area contributed by atoms with E-state index in [2.05, 4.69) is 15.5 Å². The van der Waals surface area contributed by atoms with E-state index in [0.717, 1.165) is 24.5 Å². The van der Waals surface area contributed by atoms with Crippen molar-refractivity contribution in [1.82, 2.24) is 5.32 Å². The summed E-state index contributed by atoms with van der Waals surface area (Å²) in [5, 5.41) is 5.42. The fourth-order valence-corrected chi connectivity index (χ4v) is 2.75. The molecule has 0 aliphatic carbocycles. The minimum atomic E-state index is -0.351. The zero-order valence-corrected chi connectivity index (χ0v) is 15.0. The van der Waals surface area contributed by atoms with Gasteiger partial charge in [0.05, 0.1) is 31.1 Å². The first-order chi connectivity index (χ1) is 13.2. The van der Waals surface area contributed by atoms with Crippen LogP contribution in [0, 0.1) is 0 Å². The van der Waals surface area contributed by atoms with Crippen LogP contribution in [0.4, 0.5) is 11.4 Å². The predicted molar refractivity (Wildman–Crippen MR) is 103 cm³/mol. The largest absolute Gasteiger partial charge is 0.484 e. The van der Waals surface area contributed by atoms with Crippen molar-refractivity contribution < 1.29 is 19.1 Å². The average molecular weight is 369 g/mol. The normalized spacial score (nSPS) is 13.7. The van der Waals surface area contributed by atoms with Gasteiger partial charge < -0.3 is 25.0 Å². The van der Waals surface area contributed by atoms with Crippen molar-refractivity contribution in [3.8, 4) is 5.75 Å². The molecule has 27 heavy (non-hydrogen) atoms. The second kappa shape index (κ2) is 9.59. The summed E-state index contributed by atoms with van der Waals surface area (Å²) in [7, 11) is 0. The molecular weight excluding hydrogens is 346 g/mol. The van der Waals surface area contributed by atoms with Crippen LogP contribution in [0.5, 0.6) is 5.75 Å². The number of nitrogens with zero attached hydrogens (tertiary/aromatic N) is 1. The molecule has 7 nitrogen and oxygen atoms in total. The van der Waals surface area contributed by atoms with Crippen molar-refractivity contribution in [2.45, 2.75) is 0 Å². The number of rotatable bonds is 7. The van der Waals surface area contributed by atoms with Gasteiger partial charge in [-0.3, -0.25) is 9.59 Å². The number of ether oxygens (including phenoxy) is 2. The molecule has 0 radical (unpaired) electrons. The van der Waals surface area contributed by atoms with Gasteiger partial charge in [-0.2, -0.15) is 0 Å². The number of benzene rings is 2. The molecule has 0 spiro atoms. The van der Waals surface area contributed by atoms with Crippen LogP contribution in [0.1, 0.15) is 0 Å². The Bertz CT molecular complexity index is 761. The number of nitrogens with one attached hydrogen (secondary N) is 2. The summed E-state index contributed by atoms with van der Waals surface area (Å²) in [5.41, 5.74) is 1.67. The monoisotopic (exact) mass is 369 g/mol. The third kappa shape index (κ3) is 5.72. The Balaban J connectivity index is 1.47. The summed E-state index contributed by atoms with van der Waals surface area (Å²) < 4.78 is 10.7. The minimum Gasteiger partial charge on any atom is -0.484 e. The van der Waals surface area contributed by atoms with Gasteiger partial charge in [-0.1, -0.05) is 30.3 Å². The van der Waals surface area contributed by atoms with Crippen molar-refractivity contribution in [1.29, 1.82) is 0 Å². The Morgan fingerprint density at radius 3 is 2.44 bits per heavy atom. The van der Waals surface area contributed by atoms with Gasteiger partial charge in [0, 0.05) is 13.1 Å². The smallest absolute Gasteiger partial charge is 0.258 e. The van der Waals surface area contributed by atoms with E-state index in [9.17, 15) is 9.59 Å². The molecule has 0 atom stereocenters. The number of amides is 2. The van der Waals surface area contributed by atoms with E-state index < -0.39 is 0 Å². The molecule has 0 unspecified atom stereocenters. The molecule has 142 valence electrons. The van der Waals surface area contributed by atoms with Crippen molar-refractivity contribution in [3.63, 3.8) is 0 Å². The average Bonchev–Trinajstić information content (AvgIpc) is 2.72.